The van der Waals surface area contributed by atoms with Crippen LogP contribution >= 0.6 is 0 Å². The first-order valence-corrected chi connectivity index (χ1v) is 11.9. The van der Waals surface area contributed by atoms with Crippen molar-refractivity contribution in [1.29, 1.82) is 0 Å². The minimum Gasteiger partial charge on any atom is -0.479 e. The van der Waals surface area contributed by atoms with Crippen LogP contribution in [0, 0.1) is 5.92 Å². The topological polar surface area (TPSA) is 95.9 Å². The van der Waals surface area contributed by atoms with Crippen LogP contribution in [-0.2, 0) is 14.3 Å². The van der Waals surface area contributed by atoms with E-state index in [-0.39, 0.29) is 18.4 Å². The number of ether oxygens (including phenoxy) is 1. The highest BCUT2D eigenvalue weighted by Crippen LogP contribution is 2.44. The van der Waals surface area contributed by atoms with E-state index >= 15 is 0 Å². The van der Waals surface area contributed by atoms with Gasteiger partial charge in [-0.15, -0.1) is 0 Å². The minimum absolute atomic E-state index is 0.0798. The van der Waals surface area contributed by atoms with Crippen LogP contribution in [0.5, 0.6) is 0 Å². The lowest BCUT2D eigenvalue weighted by molar-refractivity contribution is -0.165. The summed E-state index contributed by atoms with van der Waals surface area (Å²) < 4.78 is 5.63. The second-order valence-corrected chi connectivity index (χ2v) is 9.42. The number of rotatable bonds is 8. The number of hydrogen-bond donors (Lipinski definition) is 2. The Hall–Kier alpha value is -3.35. The van der Waals surface area contributed by atoms with Gasteiger partial charge in [0.05, 0.1) is 0 Å². The number of amides is 2. The molecule has 2 aromatic rings. The number of hydrogen-bond acceptors (Lipinski definition) is 4. The van der Waals surface area contributed by atoms with Crippen molar-refractivity contribution in [2.24, 2.45) is 5.92 Å². The van der Waals surface area contributed by atoms with Crippen LogP contribution in [0.4, 0.5) is 4.79 Å². The van der Waals surface area contributed by atoms with Gasteiger partial charge in [0, 0.05) is 13.0 Å². The number of carboxylic acids is 1. The molecule has 4 rings (SSSR count). The molecule has 1 fully saturated rings. The van der Waals surface area contributed by atoms with Gasteiger partial charge in [-0.1, -0.05) is 68.8 Å². The summed E-state index contributed by atoms with van der Waals surface area (Å²) >= 11 is 0. The SMILES string of the molecule is CCC(C)[C@H](NC(=O)OCC1c2ccccc2-c2ccccc21)C(=O)N(C)C1(C(=O)O)CCC1. The van der Waals surface area contributed by atoms with Gasteiger partial charge in [0.15, 0.2) is 0 Å². The highest BCUT2D eigenvalue weighted by Gasteiger charge is 2.51. The van der Waals surface area contributed by atoms with Gasteiger partial charge in [0.25, 0.3) is 0 Å². The molecule has 7 nitrogen and oxygen atoms in total. The molecule has 0 aliphatic heterocycles. The van der Waals surface area contributed by atoms with Gasteiger partial charge in [-0.2, -0.15) is 0 Å². The van der Waals surface area contributed by atoms with Gasteiger partial charge < -0.3 is 20.1 Å². The molecular formula is C27H32N2O5. The quantitative estimate of drug-likeness (QED) is 0.604. The molecule has 0 radical (unpaired) electrons. The fourth-order valence-corrected chi connectivity index (χ4v) is 5.07. The molecule has 2 aliphatic carbocycles. The number of nitrogens with one attached hydrogen (secondary N) is 1. The van der Waals surface area contributed by atoms with Gasteiger partial charge in [0.2, 0.25) is 5.91 Å². The monoisotopic (exact) mass is 464 g/mol. The second-order valence-electron chi connectivity index (χ2n) is 9.42. The lowest BCUT2D eigenvalue weighted by Gasteiger charge is -2.46. The van der Waals surface area contributed by atoms with Crippen molar-refractivity contribution in [2.45, 2.75) is 57.0 Å². The van der Waals surface area contributed by atoms with E-state index in [0.29, 0.717) is 19.3 Å². The third-order valence-corrected chi connectivity index (χ3v) is 7.65. The number of carboxylic acid groups (broad SMARTS) is 1. The van der Waals surface area contributed by atoms with E-state index in [1.165, 1.54) is 11.9 Å². The molecule has 2 N–H and O–H groups in total. The number of benzene rings is 2. The Morgan fingerprint density at radius 2 is 1.65 bits per heavy atom. The number of nitrogens with zero attached hydrogens (tertiary/aromatic N) is 1. The normalized spacial score (nSPS) is 17.5. The molecule has 2 amide bonds. The maximum Gasteiger partial charge on any atom is 0.407 e. The molecule has 0 bridgehead atoms. The number of likely N-dealkylation sites (N-methyl/N-ethyl adjacent to an activating group) is 1. The molecule has 2 aliphatic rings. The zero-order chi connectivity index (χ0) is 24.5. The van der Waals surface area contributed by atoms with Crippen LogP contribution in [0.15, 0.2) is 48.5 Å². The van der Waals surface area contributed by atoms with Crippen molar-refractivity contribution in [1.82, 2.24) is 10.2 Å². The Bertz CT molecular complexity index is 1050. The maximum atomic E-state index is 13.3. The highest BCUT2D eigenvalue weighted by atomic mass is 16.5. The van der Waals surface area contributed by atoms with Crippen LogP contribution in [0.2, 0.25) is 0 Å². The molecule has 0 heterocycles. The van der Waals surface area contributed by atoms with Crippen molar-refractivity contribution in [3.05, 3.63) is 59.7 Å². The molecule has 7 heteroatoms. The highest BCUT2D eigenvalue weighted by molar-refractivity contribution is 5.92. The van der Waals surface area contributed by atoms with Gasteiger partial charge in [-0.05, 0) is 47.4 Å². The van der Waals surface area contributed by atoms with Crippen molar-refractivity contribution < 1.29 is 24.2 Å². The van der Waals surface area contributed by atoms with Crippen LogP contribution in [0.1, 0.15) is 56.6 Å². The summed E-state index contributed by atoms with van der Waals surface area (Å²) in [5, 5.41) is 12.5. The summed E-state index contributed by atoms with van der Waals surface area (Å²) in [5.74, 6) is -1.66. The molecule has 1 unspecified atom stereocenters. The molecule has 180 valence electrons. The smallest absolute Gasteiger partial charge is 0.407 e. The Kier molecular flexibility index (Phi) is 6.64. The van der Waals surface area contributed by atoms with Crippen LogP contribution < -0.4 is 5.32 Å². The van der Waals surface area contributed by atoms with Gasteiger partial charge in [0.1, 0.15) is 18.2 Å². The maximum absolute atomic E-state index is 13.3. The summed E-state index contributed by atoms with van der Waals surface area (Å²) in [4.78, 5) is 39.3. The fraction of sp³-hybridized carbons (Fsp3) is 0.444. The number of fused-ring (bicyclic) bond motifs is 3. The Labute approximate surface area is 200 Å². The van der Waals surface area contributed by atoms with Crippen LogP contribution in [-0.4, -0.2) is 53.2 Å². The molecule has 0 saturated heterocycles. The molecule has 1 saturated carbocycles. The number of aliphatic carboxylic acids is 1. The number of carbonyl (C=O) groups is 3. The van der Waals surface area contributed by atoms with Gasteiger partial charge >= 0.3 is 12.1 Å². The molecule has 0 aromatic heterocycles. The van der Waals surface area contributed by atoms with E-state index in [4.69, 9.17) is 4.74 Å². The largest absolute Gasteiger partial charge is 0.479 e. The second kappa shape index (κ2) is 9.49. The Morgan fingerprint density at radius 3 is 2.12 bits per heavy atom. The van der Waals surface area contributed by atoms with E-state index in [9.17, 15) is 19.5 Å². The average molecular weight is 465 g/mol. The molecule has 0 spiro atoms. The predicted molar refractivity (Wildman–Crippen MR) is 128 cm³/mol. The molecule has 2 aromatic carbocycles. The zero-order valence-corrected chi connectivity index (χ0v) is 19.9. The average Bonchev–Trinajstić information content (AvgIpc) is 3.13. The first-order valence-electron chi connectivity index (χ1n) is 11.9. The number of alkyl carbamates (subject to hydrolysis) is 1. The van der Waals surface area contributed by atoms with Crippen LogP contribution in [0.25, 0.3) is 11.1 Å². The first-order chi connectivity index (χ1) is 16.3. The standard InChI is InChI=1S/C27H32N2O5/c1-4-17(2)23(24(30)29(3)27(25(31)32)14-9-15-27)28-26(33)34-16-22-20-12-7-5-10-18(20)19-11-6-8-13-21(19)22/h5-8,10-13,17,22-23H,4,9,14-16H2,1-3H3,(H,28,33)(H,31,32)/t17?,23-/m0/s1. The molecule has 34 heavy (non-hydrogen) atoms. The van der Waals surface area contributed by atoms with Crippen molar-refractivity contribution in [3.63, 3.8) is 0 Å². The van der Waals surface area contributed by atoms with Crippen molar-refractivity contribution in [3.8, 4) is 11.1 Å². The summed E-state index contributed by atoms with van der Waals surface area (Å²) in [7, 11) is 1.52. The summed E-state index contributed by atoms with van der Waals surface area (Å²) in [5.41, 5.74) is 3.31. The Morgan fingerprint density at radius 1 is 1.09 bits per heavy atom. The van der Waals surface area contributed by atoms with Crippen molar-refractivity contribution in [2.75, 3.05) is 13.7 Å². The Balaban J connectivity index is 1.46. The zero-order valence-electron chi connectivity index (χ0n) is 19.9. The van der Waals surface area contributed by atoms with E-state index < -0.39 is 29.6 Å². The summed E-state index contributed by atoms with van der Waals surface area (Å²) in [6, 6.07) is 15.3. The molecule has 2 atom stereocenters. The summed E-state index contributed by atoms with van der Waals surface area (Å²) in [6.07, 6.45) is 1.57. The first kappa shape index (κ1) is 23.8. The fourth-order valence-electron chi connectivity index (χ4n) is 5.07. The minimum atomic E-state index is -1.19. The van der Waals surface area contributed by atoms with E-state index in [2.05, 4.69) is 17.4 Å². The third kappa shape index (κ3) is 4.04. The third-order valence-electron chi connectivity index (χ3n) is 7.65. The van der Waals surface area contributed by atoms with E-state index in [1.54, 1.807) is 0 Å². The van der Waals surface area contributed by atoms with Crippen molar-refractivity contribution >= 4 is 18.0 Å². The lowest BCUT2D eigenvalue weighted by atomic mass is 9.75. The summed E-state index contributed by atoms with van der Waals surface area (Å²) in [6.45, 7) is 3.95. The lowest BCUT2D eigenvalue weighted by Crippen LogP contribution is -2.64. The molecular weight excluding hydrogens is 432 g/mol. The predicted octanol–water partition coefficient (Wildman–Crippen LogP) is 4.41. The van der Waals surface area contributed by atoms with E-state index in [1.807, 2.05) is 50.2 Å². The number of carbonyl (C=O) groups excluding carboxylic acids is 2. The van der Waals surface area contributed by atoms with Gasteiger partial charge in [-0.3, -0.25) is 4.79 Å². The van der Waals surface area contributed by atoms with E-state index in [0.717, 1.165) is 28.7 Å². The van der Waals surface area contributed by atoms with Crippen LogP contribution in [0.3, 0.4) is 0 Å². The van der Waals surface area contributed by atoms with Gasteiger partial charge in [-0.25, -0.2) is 9.59 Å².